The van der Waals surface area contributed by atoms with Crippen molar-refractivity contribution in [3.8, 4) is 17.0 Å². The third-order valence-corrected chi connectivity index (χ3v) is 6.28. The number of carbonyl (C=O) groups is 1. The van der Waals surface area contributed by atoms with Gasteiger partial charge in [0, 0.05) is 48.9 Å². The van der Waals surface area contributed by atoms with Gasteiger partial charge in [0.15, 0.2) is 5.78 Å². The predicted molar refractivity (Wildman–Crippen MR) is 139 cm³/mol. The Morgan fingerprint density at radius 2 is 1.67 bits per heavy atom. The Morgan fingerprint density at radius 3 is 2.31 bits per heavy atom. The number of pyridine rings is 1. The molecule has 0 saturated carbocycles. The van der Waals surface area contributed by atoms with E-state index in [1.54, 1.807) is 12.1 Å². The number of aliphatic hydroxyl groups is 1. The zero-order valence-electron chi connectivity index (χ0n) is 20.1. The summed E-state index contributed by atoms with van der Waals surface area (Å²) in [6.07, 6.45) is 7.81. The number of furan rings is 1. The van der Waals surface area contributed by atoms with Crippen LogP contribution in [0, 0.1) is 6.07 Å². The number of fused-ring (bicyclic) bond motifs is 5. The summed E-state index contributed by atoms with van der Waals surface area (Å²) in [5.74, 6) is 0.143. The van der Waals surface area contributed by atoms with Gasteiger partial charge in [0.2, 0.25) is 0 Å². The van der Waals surface area contributed by atoms with E-state index < -0.39 is 0 Å². The fraction of sp³-hybridized carbons (Fsp3) is 0.200. The van der Waals surface area contributed by atoms with Crippen LogP contribution in [-0.4, -0.2) is 21.0 Å². The van der Waals surface area contributed by atoms with Crippen molar-refractivity contribution in [1.82, 2.24) is 4.98 Å². The first-order valence-corrected chi connectivity index (χ1v) is 11.7. The Bertz CT molecular complexity index is 1600. The van der Waals surface area contributed by atoms with E-state index >= 15 is 0 Å². The molecule has 0 saturated heterocycles. The molecule has 6 heteroatoms. The summed E-state index contributed by atoms with van der Waals surface area (Å²) >= 11 is 0. The molecule has 5 aromatic rings. The summed E-state index contributed by atoms with van der Waals surface area (Å²) in [4.78, 5) is 14.6. The van der Waals surface area contributed by atoms with Gasteiger partial charge >= 0.3 is 0 Å². The maximum absolute atomic E-state index is 10.0. The summed E-state index contributed by atoms with van der Waals surface area (Å²) in [6.45, 7) is 2.85. The van der Waals surface area contributed by atoms with E-state index in [1.807, 2.05) is 18.3 Å². The van der Waals surface area contributed by atoms with Crippen molar-refractivity contribution >= 4 is 38.5 Å². The average Bonchev–Trinajstić information content (AvgIpc) is 3.17. The summed E-state index contributed by atoms with van der Waals surface area (Å²) in [6, 6.07) is 19.1. The maximum atomic E-state index is 10.0. The summed E-state index contributed by atoms with van der Waals surface area (Å²) in [5.41, 5.74) is 6.51. The quantitative estimate of drug-likeness (QED) is 0.119. The molecule has 0 bridgehead atoms. The largest absolute Gasteiger partial charge is 0.551 e. The molecule has 1 aliphatic rings. The van der Waals surface area contributed by atoms with Crippen LogP contribution in [0.4, 0.5) is 0 Å². The summed E-state index contributed by atoms with van der Waals surface area (Å²) < 4.78 is 6.23. The number of aromatic hydroxyl groups is 1. The summed E-state index contributed by atoms with van der Waals surface area (Å²) in [7, 11) is 0. The molecule has 0 amide bonds. The van der Waals surface area contributed by atoms with E-state index in [-0.39, 0.29) is 37.4 Å². The Hall–Kier alpha value is -3.47. The maximum Gasteiger partial charge on any atom is 0.155 e. The van der Waals surface area contributed by atoms with E-state index in [9.17, 15) is 9.90 Å². The molecular formula is C30H26IrNO4-. The second-order valence-electron chi connectivity index (χ2n) is 9.01. The van der Waals surface area contributed by atoms with Crippen molar-refractivity contribution in [3.63, 3.8) is 0 Å². The van der Waals surface area contributed by atoms with Gasteiger partial charge in [0.1, 0.15) is 11.2 Å². The average molecular weight is 657 g/mol. The van der Waals surface area contributed by atoms with Crippen molar-refractivity contribution in [1.29, 1.82) is 0 Å². The molecule has 0 unspecified atom stereocenters. The number of carbonyl (C=O) groups excluding carboxylic acids is 1. The normalized spacial score (nSPS) is 13.1. The first kappa shape index (κ1) is 25.6. The van der Waals surface area contributed by atoms with Gasteiger partial charge in [-0.1, -0.05) is 0 Å². The molecule has 5 nitrogen and oxygen atoms in total. The number of hydrogen-bond acceptors (Lipinski definition) is 5. The van der Waals surface area contributed by atoms with Crippen LogP contribution in [0.15, 0.2) is 71.0 Å². The molecular weight excluding hydrogens is 631 g/mol. The van der Waals surface area contributed by atoms with Crippen LogP contribution in [0.25, 0.3) is 44.0 Å². The number of hydrogen-bond donors (Lipinski definition) is 2. The van der Waals surface area contributed by atoms with Gasteiger partial charge in [-0.3, -0.25) is 4.79 Å². The minimum Gasteiger partial charge on any atom is -0.551 e. The monoisotopic (exact) mass is 657 g/mol. The van der Waals surface area contributed by atoms with Gasteiger partial charge in [-0.25, -0.2) is 0 Å². The van der Waals surface area contributed by atoms with Gasteiger partial charge in [-0.2, -0.15) is 0 Å². The van der Waals surface area contributed by atoms with Crippen LogP contribution in [0.2, 0.25) is 0 Å². The first-order chi connectivity index (χ1) is 16.9. The van der Waals surface area contributed by atoms with E-state index in [0.717, 1.165) is 51.4 Å². The number of benzene rings is 3. The molecule has 185 valence electrons. The second kappa shape index (κ2) is 10.6. The van der Waals surface area contributed by atoms with Crippen LogP contribution in [0.3, 0.4) is 0 Å². The van der Waals surface area contributed by atoms with Crippen LogP contribution >= 0.6 is 0 Å². The molecule has 2 aromatic heterocycles. The number of phenolic OH excluding ortho intramolecular Hbond substituents is 1. The number of aromatic nitrogens is 1. The third kappa shape index (κ3) is 5.20. The molecule has 2 N–H and O–H groups in total. The molecule has 0 spiro atoms. The molecule has 1 radical (unpaired) electrons. The SMILES string of the molecule is CC(=O)/C=C(/C)O.Oc1c[c-]c(-c2nccc3cc4oc5cc6c(cc5c4cc23)CCCC6)cc1.[Ir]. The molecule has 1 aliphatic carbocycles. The Kier molecular flexibility index (Phi) is 7.58. The molecule has 36 heavy (non-hydrogen) atoms. The smallest absolute Gasteiger partial charge is 0.155 e. The van der Waals surface area contributed by atoms with Gasteiger partial charge in [-0.15, -0.1) is 29.8 Å². The molecule has 0 fully saturated rings. The molecule has 0 aliphatic heterocycles. The number of phenols is 1. The Balaban J connectivity index is 0.000000338. The molecule has 2 heterocycles. The predicted octanol–water partition coefficient (Wildman–Crippen LogP) is 7.22. The molecule has 6 rings (SSSR count). The van der Waals surface area contributed by atoms with Gasteiger partial charge < -0.3 is 19.6 Å². The zero-order valence-corrected chi connectivity index (χ0v) is 22.5. The molecule has 0 atom stereocenters. The van der Waals surface area contributed by atoms with E-state index in [4.69, 9.17) is 9.52 Å². The van der Waals surface area contributed by atoms with E-state index in [1.165, 1.54) is 49.3 Å². The standard InChI is InChI=1S/C25H18NO2.C5H8O2.Ir/c27-19-7-5-15(6-8-19)25-20-14-22-21-11-16-3-1-2-4-17(16)12-23(21)28-24(22)13-18(20)9-10-26-25;1-4(6)3-5(2)7;/h5,7-14,27H,1-4H2;3,6H,1-2H3;/q-1;;/b;4-3-;. The minimum absolute atomic E-state index is 0. The zero-order chi connectivity index (χ0) is 24.5. The number of aliphatic hydroxyl groups excluding tert-OH is 1. The fourth-order valence-corrected chi connectivity index (χ4v) is 4.74. The molecule has 3 aromatic carbocycles. The van der Waals surface area contributed by atoms with E-state index in [0.29, 0.717) is 0 Å². The second-order valence-corrected chi connectivity index (χ2v) is 9.01. The Labute approximate surface area is 222 Å². The number of nitrogens with zero attached hydrogens (tertiary/aromatic N) is 1. The first-order valence-electron chi connectivity index (χ1n) is 11.7. The van der Waals surface area contributed by atoms with Gasteiger partial charge in [0.25, 0.3) is 0 Å². The Morgan fingerprint density at radius 1 is 0.972 bits per heavy atom. The number of ketones is 1. The number of aryl methyl sites for hydroxylation is 2. The van der Waals surface area contributed by atoms with Crippen LogP contribution in [-0.2, 0) is 37.7 Å². The van der Waals surface area contributed by atoms with Crippen molar-refractivity contribution in [3.05, 3.63) is 83.8 Å². The van der Waals surface area contributed by atoms with Crippen molar-refractivity contribution in [2.75, 3.05) is 0 Å². The third-order valence-electron chi connectivity index (χ3n) is 6.28. The van der Waals surface area contributed by atoms with Crippen LogP contribution in [0.1, 0.15) is 37.8 Å². The van der Waals surface area contributed by atoms with Gasteiger partial charge in [0.05, 0.1) is 5.76 Å². The number of rotatable bonds is 2. The number of allylic oxidation sites excluding steroid dienone is 2. The van der Waals surface area contributed by atoms with Crippen molar-refractivity contribution in [2.24, 2.45) is 0 Å². The topological polar surface area (TPSA) is 83.6 Å². The van der Waals surface area contributed by atoms with Crippen molar-refractivity contribution in [2.45, 2.75) is 39.5 Å². The fourth-order valence-electron chi connectivity index (χ4n) is 4.74. The van der Waals surface area contributed by atoms with Crippen LogP contribution < -0.4 is 0 Å². The van der Waals surface area contributed by atoms with Crippen molar-refractivity contribution < 1.29 is 39.5 Å². The minimum atomic E-state index is -0.125. The summed E-state index contributed by atoms with van der Waals surface area (Å²) in [5, 5.41) is 22.4. The van der Waals surface area contributed by atoms with Crippen LogP contribution in [0.5, 0.6) is 5.75 Å². The van der Waals surface area contributed by atoms with E-state index in [2.05, 4.69) is 35.3 Å². The van der Waals surface area contributed by atoms with Gasteiger partial charge in [-0.05, 0) is 97.5 Å².